The van der Waals surface area contributed by atoms with Crippen molar-refractivity contribution in [1.29, 1.82) is 0 Å². The topological polar surface area (TPSA) is 95.9 Å². The van der Waals surface area contributed by atoms with Crippen molar-refractivity contribution in [2.75, 3.05) is 20.2 Å². The number of carboxylic acid groups (broad SMARTS) is 1. The third kappa shape index (κ3) is 4.90. The minimum atomic E-state index is -1.05. The van der Waals surface area contributed by atoms with Gasteiger partial charge >= 0.3 is 12.1 Å². The third-order valence-electron chi connectivity index (χ3n) is 7.86. The normalized spacial score (nSPS) is 22.0. The van der Waals surface area contributed by atoms with Gasteiger partial charge in [-0.1, -0.05) is 55.5 Å². The number of benzene rings is 2. The Morgan fingerprint density at radius 2 is 1.60 bits per heavy atom. The molecule has 1 atom stereocenters. The van der Waals surface area contributed by atoms with Gasteiger partial charge in [-0.15, -0.1) is 0 Å². The summed E-state index contributed by atoms with van der Waals surface area (Å²) in [4.78, 5) is 38.9. The molecule has 0 unspecified atom stereocenters. The first kappa shape index (κ1) is 24.8. The fraction of sp³-hybridized carbons (Fsp3) is 0.464. The van der Waals surface area contributed by atoms with E-state index in [0.717, 1.165) is 35.1 Å². The summed E-state index contributed by atoms with van der Waals surface area (Å²) in [5.41, 5.74) is 3.77. The Kier molecular flexibility index (Phi) is 7.15. The molecule has 0 bridgehead atoms. The molecule has 0 saturated heterocycles. The molecule has 2 N–H and O–H groups in total. The van der Waals surface area contributed by atoms with Crippen LogP contribution in [0.3, 0.4) is 0 Å². The zero-order valence-corrected chi connectivity index (χ0v) is 20.6. The van der Waals surface area contributed by atoms with Crippen LogP contribution in [-0.4, -0.2) is 54.2 Å². The van der Waals surface area contributed by atoms with Crippen molar-refractivity contribution in [2.24, 2.45) is 11.3 Å². The number of likely N-dealkylation sites (N-methyl/N-ethyl adjacent to an activating group) is 1. The average molecular weight is 479 g/mol. The first-order valence-electron chi connectivity index (χ1n) is 12.3. The van der Waals surface area contributed by atoms with Crippen LogP contribution < -0.4 is 5.32 Å². The number of carbonyl (C=O) groups is 3. The Hall–Kier alpha value is -3.35. The number of carboxylic acids is 1. The Bertz CT molecular complexity index is 1060. The summed E-state index contributed by atoms with van der Waals surface area (Å²) >= 11 is 0. The molecule has 7 nitrogen and oxygen atoms in total. The second-order valence-corrected chi connectivity index (χ2v) is 10.1. The second-order valence-electron chi connectivity index (χ2n) is 10.1. The van der Waals surface area contributed by atoms with Gasteiger partial charge in [0, 0.05) is 19.5 Å². The molecule has 4 rings (SSSR count). The molecule has 2 aromatic rings. The maximum atomic E-state index is 13.4. The van der Waals surface area contributed by atoms with Gasteiger partial charge in [-0.2, -0.15) is 0 Å². The van der Waals surface area contributed by atoms with Crippen molar-refractivity contribution in [1.82, 2.24) is 10.2 Å². The molecule has 2 aliphatic carbocycles. The molecule has 7 heteroatoms. The Labute approximate surface area is 206 Å². The number of alkyl carbamates (subject to hydrolysis) is 1. The molecule has 1 saturated carbocycles. The summed E-state index contributed by atoms with van der Waals surface area (Å²) in [6.45, 7) is 3.98. The number of hydrogen-bond donors (Lipinski definition) is 2. The Balaban J connectivity index is 1.43. The van der Waals surface area contributed by atoms with Gasteiger partial charge in [0.15, 0.2) is 0 Å². The second kappa shape index (κ2) is 10.1. The number of hydrogen-bond acceptors (Lipinski definition) is 4. The highest BCUT2D eigenvalue weighted by atomic mass is 16.5. The highest BCUT2D eigenvalue weighted by Gasteiger charge is 2.44. The summed E-state index contributed by atoms with van der Waals surface area (Å²) < 4.78 is 5.65. The summed E-state index contributed by atoms with van der Waals surface area (Å²) in [6, 6.07) is 15.4. The summed E-state index contributed by atoms with van der Waals surface area (Å²) in [7, 11) is 1.52. The minimum Gasteiger partial charge on any atom is -0.480 e. The molecule has 35 heavy (non-hydrogen) atoms. The summed E-state index contributed by atoms with van der Waals surface area (Å²) in [6.07, 6.45) is 2.35. The molecule has 0 aliphatic heterocycles. The third-order valence-corrected chi connectivity index (χ3v) is 7.86. The van der Waals surface area contributed by atoms with Crippen molar-refractivity contribution in [3.63, 3.8) is 0 Å². The van der Waals surface area contributed by atoms with Crippen LogP contribution in [0.2, 0.25) is 0 Å². The lowest BCUT2D eigenvalue weighted by molar-refractivity contribution is -0.154. The number of nitrogens with zero attached hydrogens (tertiary/aromatic N) is 1. The maximum absolute atomic E-state index is 13.4. The van der Waals surface area contributed by atoms with E-state index in [9.17, 15) is 19.5 Å². The number of fused-ring (bicyclic) bond motifs is 3. The van der Waals surface area contributed by atoms with Crippen LogP contribution in [0.5, 0.6) is 0 Å². The van der Waals surface area contributed by atoms with Crippen LogP contribution in [0, 0.1) is 11.3 Å². The Morgan fingerprint density at radius 1 is 1.06 bits per heavy atom. The molecular weight excluding hydrogens is 444 g/mol. The van der Waals surface area contributed by atoms with Gasteiger partial charge in [-0.05, 0) is 60.8 Å². The smallest absolute Gasteiger partial charge is 0.407 e. The van der Waals surface area contributed by atoms with Gasteiger partial charge in [0.1, 0.15) is 12.6 Å². The zero-order chi connectivity index (χ0) is 25.2. The van der Waals surface area contributed by atoms with Crippen LogP contribution >= 0.6 is 0 Å². The fourth-order valence-electron chi connectivity index (χ4n) is 5.39. The molecule has 2 aliphatic rings. The zero-order valence-electron chi connectivity index (χ0n) is 20.6. The van der Waals surface area contributed by atoms with Gasteiger partial charge < -0.3 is 20.1 Å². The van der Waals surface area contributed by atoms with Crippen molar-refractivity contribution < 1.29 is 24.2 Å². The van der Waals surface area contributed by atoms with E-state index in [2.05, 4.69) is 36.5 Å². The average Bonchev–Trinajstić information content (AvgIpc) is 3.19. The summed E-state index contributed by atoms with van der Waals surface area (Å²) in [5.74, 6) is -0.836. The van der Waals surface area contributed by atoms with E-state index in [0.29, 0.717) is 18.8 Å². The number of ether oxygens (including phenoxy) is 1. The van der Waals surface area contributed by atoms with E-state index in [1.54, 1.807) is 0 Å². The quantitative estimate of drug-likeness (QED) is 0.604. The largest absolute Gasteiger partial charge is 0.480 e. The predicted octanol–water partition coefficient (Wildman–Crippen LogP) is 4.65. The minimum absolute atomic E-state index is 0.0400. The van der Waals surface area contributed by atoms with Crippen molar-refractivity contribution in [3.05, 3.63) is 59.7 Å². The fourth-order valence-corrected chi connectivity index (χ4v) is 5.39. The number of carbonyl (C=O) groups excluding carboxylic acids is 2. The SMILES string of the molecule is CC1CCC(CNC(=O)OCC2c3ccccc3-c3ccccc32)(C(=O)N(C)[C@@H](C)C(=O)O)CC1. The summed E-state index contributed by atoms with van der Waals surface area (Å²) in [5, 5.41) is 12.2. The molecule has 1 fully saturated rings. The highest BCUT2D eigenvalue weighted by Crippen LogP contribution is 2.44. The molecule has 0 spiro atoms. The lowest BCUT2D eigenvalue weighted by Gasteiger charge is -2.41. The van der Waals surface area contributed by atoms with E-state index in [4.69, 9.17) is 4.74 Å². The van der Waals surface area contributed by atoms with Gasteiger partial charge in [0.2, 0.25) is 5.91 Å². The molecule has 0 radical (unpaired) electrons. The van der Waals surface area contributed by atoms with Crippen LogP contribution in [-0.2, 0) is 14.3 Å². The molecule has 2 aromatic carbocycles. The Morgan fingerprint density at radius 3 is 2.14 bits per heavy atom. The highest BCUT2D eigenvalue weighted by molar-refractivity contribution is 5.88. The van der Waals surface area contributed by atoms with Gasteiger partial charge in [-0.25, -0.2) is 9.59 Å². The predicted molar refractivity (Wildman–Crippen MR) is 133 cm³/mol. The van der Waals surface area contributed by atoms with Crippen LogP contribution in [0.4, 0.5) is 4.79 Å². The number of amides is 2. The molecule has 0 aromatic heterocycles. The lowest BCUT2D eigenvalue weighted by atomic mass is 9.69. The molecule has 2 amide bonds. The number of nitrogens with one attached hydrogen (secondary N) is 1. The first-order valence-corrected chi connectivity index (χ1v) is 12.3. The lowest BCUT2D eigenvalue weighted by Crippen LogP contribution is -2.54. The van der Waals surface area contributed by atoms with Gasteiger partial charge in [-0.3, -0.25) is 4.79 Å². The van der Waals surface area contributed by atoms with Gasteiger partial charge in [0.25, 0.3) is 0 Å². The monoisotopic (exact) mass is 478 g/mol. The standard InChI is InChI=1S/C28H34N2O5/c1-18-12-14-28(15-13-18,26(33)30(3)19(2)25(31)32)17-29-27(34)35-16-24-22-10-6-4-8-20(22)21-9-5-7-11-23(21)24/h4-11,18-19,24H,12-17H2,1-3H3,(H,29,34)(H,31,32)/t18?,19-,28?/m0/s1. The van der Waals surface area contributed by atoms with Crippen molar-refractivity contribution >= 4 is 18.0 Å². The van der Waals surface area contributed by atoms with Crippen molar-refractivity contribution in [3.8, 4) is 11.1 Å². The van der Waals surface area contributed by atoms with Crippen LogP contribution in [0.1, 0.15) is 56.6 Å². The van der Waals surface area contributed by atoms with Crippen molar-refractivity contribution in [2.45, 2.75) is 51.5 Å². The molecule has 186 valence electrons. The van der Waals surface area contributed by atoms with E-state index in [1.165, 1.54) is 18.9 Å². The number of aliphatic carboxylic acids is 1. The van der Waals surface area contributed by atoms with E-state index in [-0.39, 0.29) is 25.0 Å². The van der Waals surface area contributed by atoms with E-state index < -0.39 is 23.5 Å². The van der Waals surface area contributed by atoms with Crippen LogP contribution in [0.25, 0.3) is 11.1 Å². The molecular formula is C28H34N2O5. The van der Waals surface area contributed by atoms with Gasteiger partial charge in [0.05, 0.1) is 5.41 Å². The van der Waals surface area contributed by atoms with Crippen LogP contribution in [0.15, 0.2) is 48.5 Å². The first-order chi connectivity index (χ1) is 16.7. The number of rotatable bonds is 7. The molecule has 0 heterocycles. The van der Waals surface area contributed by atoms with E-state index >= 15 is 0 Å². The van der Waals surface area contributed by atoms with E-state index in [1.807, 2.05) is 24.3 Å². The maximum Gasteiger partial charge on any atom is 0.407 e.